The lowest BCUT2D eigenvalue weighted by atomic mass is 10.0. The minimum atomic E-state index is -0.218. The van der Waals surface area contributed by atoms with Crippen molar-refractivity contribution in [2.24, 2.45) is 0 Å². The van der Waals surface area contributed by atoms with Crippen molar-refractivity contribution >= 4 is 34.4 Å². The molecule has 0 aliphatic heterocycles. The maximum absolute atomic E-state index is 11.6. The molecular weight excluding hydrogens is 364 g/mol. The van der Waals surface area contributed by atoms with Crippen LogP contribution in [0.25, 0.3) is 22.0 Å². The highest BCUT2D eigenvalue weighted by atomic mass is 35.5. The average Bonchev–Trinajstić information content (AvgIpc) is 2.65. The number of nitrogens with one attached hydrogen (secondary N) is 2. The van der Waals surface area contributed by atoms with Crippen molar-refractivity contribution in [2.45, 2.75) is 19.9 Å². The Kier molecular flexibility index (Phi) is 5.76. The number of halogens is 1. The van der Waals surface area contributed by atoms with Crippen LogP contribution in [0.5, 0.6) is 5.75 Å². The summed E-state index contributed by atoms with van der Waals surface area (Å²) >= 11 is 6.38. The van der Waals surface area contributed by atoms with Crippen molar-refractivity contribution in [1.29, 1.82) is 0 Å². The number of ether oxygens (including phenoxy) is 1. The minimum Gasteiger partial charge on any atom is -0.483 e. The number of carbonyl (C=O) groups excluding carboxylic acids is 1. The van der Waals surface area contributed by atoms with E-state index in [1.165, 1.54) is 0 Å². The topological polar surface area (TPSA) is 76.1 Å². The number of hydrogen-bond acceptors (Lipinski definition) is 5. The molecule has 1 aromatic heterocycles. The van der Waals surface area contributed by atoms with E-state index < -0.39 is 0 Å². The fraction of sp³-hybridized carbons (Fsp3) is 0.250. The zero-order chi connectivity index (χ0) is 19.4. The van der Waals surface area contributed by atoms with Crippen molar-refractivity contribution in [3.63, 3.8) is 0 Å². The van der Waals surface area contributed by atoms with Crippen molar-refractivity contribution in [3.05, 3.63) is 47.6 Å². The number of carbonyl (C=O) groups is 1. The van der Waals surface area contributed by atoms with Gasteiger partial charge in [-0.1, -0.05) is 29.8 Å². The summed E-state index contributed by atoms with van der Waals surface area (Å²) in [6, 6.07) is 11.4. The lowest BCUT2D eigenvalue weighted by Crippen LogP contribution is -2.25. The van der Waals surface area contributed by atoms with Gasteiger partial charge in [-0.15, -0.1) is 0 Å². The third-order valence-corrected chi connectivity index (χ3v) is 4.23. The van der Waals surface area contributed by atoms with Crippen LogP contribution in [-0.4, -0.2) is 35.6 Å². The molecule has 0 saturated heterocycles. The summed E-state index contributed by atoms with van der Waals surface area (Å²) in [6.45, 7) is 3.94. The minimum absolute atomic E-state index is 0.0956. The fourth-order valence-electron chi connectivity index (χ4n) is 2.61. The van der Waals surface area contributed by atoms with Crippen LogP contribution in [0.3, 0.4) is 0 Å². The van der Waals surface area contributed by atoms with Crippen molar-refractivity contribution in [1.82, 2.24) is 15.3 Å². The second-order valence-corrected chi connectivity index (χ2v) is 6.75. The average molecular weight is 385 g/mol. The largest absolute Gasteiger partial charge is 0.483 e. The Hall–Kier alpha value is -2.86. The van der Waals surface area contributed by atoms with E-state index in [2.05, 4.69) is 20.6 Å². The van der Waals surface area contributed by atoms with Gasteiger partial charge in [0.05, 0.1) is 5.52 Å². The third kappa shape index (κ3) is 4.46. The molecule has 0 saturated carbocycles. The van der Waals surface area contributed by atoms with Crippen molar-refractivity contribution < 1.29 is 9.53 Å². The van der Waals surface area contributed by atoms with Crippen LogP contribution in [0.4, 0.5) is 5.95 Å². The SMILES string of the molecule is CNC(=O)COc1cc2nc(NC(C)C)ncc2cc1-c1ccccc1Cl. The monoisotopic (exact) mass is 384 g/mol. The number of amides is 1. The molecule has 2 N–H and O–H groups in total. The van der Waals surface area contributed by atoms with E-state index in [1.54, 1.807) is 13.2 Å². The van der Waals surface area contributed by atoms with Crippen LogP contribution in [0.1, 0.15) is 13.8 Å². The Balaban J connectivity index is 2.10. The molecule has 1 heterocycles. The molecule has 3 rings (SSSR count). The number of anilines is 1. The van der Waals surface area contributed by atoms with Crippen LogP contribution < -0.4 is 15.4 Å². The van der Waals surface area contributed by atoms with Gasteiger partial charge in [0.15, 0.2) is 6.61 Å². The Morgan fingerprint density at radius 2 is 2.00 bits per heavy atom. The summed E-state index contributed by atoms with van der Waals surface area (Å²) in [4.78, 5) is 20.5. The van der Waals surface area contributed by atoms with Gasteiger partial charge in [-0.3, -0.25) is 4.79 Å². The van der Waals surface area contributed by atoms with Crippen LogP contribution in [-0.2, 0) is 4.79 Å². The first-order valence-corrected chi connectivity index (χ1v) is 9.01. The number of rotatable bonds is 6. The number of benzene rings is 2. The van der Waals surface area contributed by atoms with E-state index in [0.29, 0.717) is 16.7 Å². The third-order valence-electron chi connectivity index (χ3n) is 3.90. The van der Waals surface area contributed by atoms with Gasteiger partial charge in [-0.25, -0.2) is 9.97 Å². The molecule has 140 valence electrons. The highest BCUT2D eigenvalue weighted by molar-refractivity contribution is 6.33. The number of aromatic nitrogens is 2. The molecule has 0 fully saturated rings. The van der Waals surface area contributed by atoms with Gasteiger partial charge in [0.2, 0.25) is 5.95 Å². The molecule has 2 aromatic carbocycles. The zero-order valence-corrected chi connectivity index (χ0v) is 16.2. The summed E-state index contributed by atoms with van der Waals surface area (Å²) in [6.07, 6.45) is 1.76. The Morgan fingerprint density at radius 1 is 1.22 bits per heavy atom. The number of hydrogen-bond donors (Lipinski definition) is 2. The number of fused-ring (bicyclic) bond motifs is 1. The molecule has 7 heteroatoms. The predicted octanol–water partition coefficient (Wildman–Crippen LogP) is 3.90. The van der Waals surface area contributed by atoms with Crippen molar-refractivity contribution in [3.8, 4) is 16.9 Å². The first-order valence-electron chi connectivity index (χ1n) is 8.63. The first kappa shape index (κ1) is 18.9. The molecule has 0 aliphatic rings. The second kappa shape index (κ2) is 8.22. The highest BCUT2D eigenvalue weighted by Crippen LogP contribution is 2.37. The zero-order valence-electron chi connectivity index (χ0n) is 15.4. The van der Waals surface area contributed by atoms with Gasteiger partial charge in [0, 0.05) is 46.9 Å². The second-order valence-electron chi connectivity index (χ2n) is 6.34. The number of nitrogens with zero attached hydrogens (tertiary/aromatic N) is 2. The van der Waals surface area contributed by atoms with Crippen LogP contribution in [0, 0.1) is 0 Å². The van der Waals surface area contributed by atoms with Crippen LogP contribution in [0.15, 0.2) is 42.6 Å². The summed E-state index contributed by atoms with van der Waals surface area (Å²) in [5.41, 5.74) is 2.32. The highest BCUT2D eigenvalue weighted by Gasteiger charge is 2.14. The summed E-state index contributed by atoms with van der Waals surface area (Å²) in [5, 5.41) is 7.18. The predicted molar refractivity (Wildman–Crippen MR) is 108 cm³/mol. The molecule has 0 unspecified atom stereocenters. The molecule has 0 atom stereocenters. The summed E-state index contributed by atoms with van der Waals surface area (Å²) in [5.74, 6) is 0.860. The van der Waals surface area contributed by atoms with Crippen molar-refractivity contribution in [2.75, 3.05) is 19.0 Å². The van der Waals surface area contributed by atoms with E-state index in [0.717, 1.165) is 22.0 Å². The lowest BCUT2D eigenvalue weighted by molar-refractivity contribution is -0.122. The first-order chi connectivity index (χ1) is 13.0. The maximum Gasteiger partial charge on any atom is 0.257 e. The number of likely N-dealkylation sites (N-methyl/N-ethyl adjacent to an activating group) is 1. The molecule has 0 bridgehead atoms. The molecular formula is C20H21ClN4O2. The molecule has 0 spiro atoms. The molecule has 6 nitrogen and oxygen atoms in total. The van der Waals surface area contributed by atoms with E-state index in [-0.39, 0.29) is 18.6 Å². The molecule has 3 aromatic rings. The fourth-order valence-corrected chi connectivity index (χ4v) is 2.85. The van der Waals surface area contributed by atoms with E-state index in [1.807, 2.05) is 50.2 Å². The molecule has 1 amide bonds. The normalized spacial score (nSPS) is 10.9. The van der Waals surface area contributed by atoms with Gasteiger partial charge in [-0.2, -0.15) is 0 Å². The van der Waals surface area contributed by atoms with Gasteiger partial charge >= 0.3 is 0 Å². The van der Waals surface area contributed by atoms with Gasteiger partial charge < -0.3 is 15.4 Å². The van der Waals surface area contributed by atoms with E-state index >= 15 is 0 Å². The Labute approximate surface area is 162 Å². The van der Waals surface area contributed by atoms with E-state index in [4.69, 9.17) is 16.3 Å². The maximum atomic E-state index is 11.6. The van der Waals surface area contributed by atoms with Gasteiger partial charge in [0.25, 0.3) is 5.91 Å². The van der Waals surface area contributed by atoms with Gasteiger partial charge in [0.1, 0.15) is 5.75 Å². The molecule has 0 aliphatic carbocycles. The smallest absolute Gasteiger partial charge is 0.257 e. The quantitative estimate of drug-likeness (QED) is 0.674. The summed E-state index contributed by atoms with van der Waals surface area (Å²) < 4.78 is 5.78. The Bertz CT molecular complexity index is 975. The Morgan fingerprint density at radius 3 is 2.70 bits per heavy atom. The van der Waals surface area contributed by atoms with Gasteiger partial charge in [-0.05, 0) is 26.0 Å². The van der Waals surface area contributed by atoms with Crippen LogP contribution in [0.2, 0.25) is 5.02 Å². The lowest BCUT2D eigenvalue weighted by Gasteiger charge is -2.14. The molecule has 27 heavy (non-hydrogen) atoms. The molecule has 0 radical (unpaired) electrons. The van der Waals surface area contributed by atoms with Crippen LogP contribution >= 0.6 is 11.6 Å². The van der Waals surface area contributed by atoms with E-state index in [9.17, 15) is 4.79 Å². The summed E-state index contributed by atoms with van der Waals surface area (Å²) in [7, 11) is 1.57. The standard InChI is InChI=1S/C20H21ClN4O2/c1-12(2)24-20-23-10-13-8-15(14-6-4-5-7-16(14)21)18(9-17(13)25-20)27-11-19(26)22-3/h4-10,12H,11H2,1-3H3,(H,22,26)(H,23,24,25).